The Morgan fingerprint density at radius 3 is 2.75 bits per heavy atom. The first-order chi connectivity index (χ1) is 9.65. The van der Waals surface area contributed by atoms with Gasteiger partial charge < -0.3 is 0 Å². The quantitative estimate of drug-likeness (QED) is 0.739. The van der Waals surface area contributed by atoms with Crippen LogP contribution in [0.15, 0.2) is 41.3 Å². The highest BCUT2D eigenvalue weighted by atomic mass is 32.1. The van der Waals surface area contributed by atoms with Crippen molar-refractivity contribution in [2.75, 3.05) is 0 Å². The van der Waals surface area contributed by atoms with E-state index in [0.29, 0.717) is 6.54 Å². The zero-order chi connectivity index (χ0) is 14.1. The summed E-state index contributed by atoms with van der Waals surface area (Å²) in [7, 11) is 0. The van der Waals surface area contributed by atoms with Crippen molar-refractivity contribution in [3.8, 4) is 0 Å². The SMILES string of the molecule is Cc1cc2sn(CCc3ccccn3)c(=O)c2cc1C. The maximum absolute atomic E-state index is 12.4. The minimum absolute atomic E-state index is 0.115. The summed E-state index contributed by atoms with van der Waals surface area (Å²) in [5, 5.41) is 0.833. The van der Waals surface area contributed by atoms with Crippen LogP contribution in [0.4, 0.5) is 0 Å². The highest BCUT2D eigenvalue weighted by Gasteiger charge is 2.09. The fraction of sp³-hybridized carbons (Fsp3) is 0.250. The Bertz CT molecular complexity index is 802. The predicted octanol–water partition coefficient (Wildman–Crippen LogP) is 3.32. The van der Waals surface area contributed by atoms with E-state index >= 15 is 0 Å². The van der Waals surface area contributed by atoms with Gasteiger partial charge in [0.05, 0.1) is 10.1 Å². The number of rotatable bonds is 3. The number of pyridine rings is 1. The lowest BCUT2D eigenvalue weighted by Crippen LogP contribution is -2.14. The fourth-order valence-corrected chi connectivity index (χ4v) is 3.31. The molecule has 0 saturated heterocycles. The second kappa shape index (κ2) is 5.21. The van der Waals surface area contributed by atoms with Crippen molar-refractivity contribution in [3.05, 3.63) is 63.7 Å². The molecule has 2 aromatic heterocycles. The van der Waals surface area contributed by atoms with Gasteiger partial charge in [0.25, 0.3) is 5.56 Å². The number of hydrogen-bond acceptors (Lipinski definition) is 3. The Labute approximate surface area is 121 Å². The first-order valence-corrected chi connectivity index (χ1v) is 7.43. The van der Waals surface area contributed by atoms with Crippen LogP contribution in [-0.2, 0) is 13.0 Å². The standard InChI is InChI=1S/C16H16N2OS/c1-11-9-14-15(10-12(11)2)20-18(16(14)19)8-6-13-5-3-4-7-17-13/h3-5,7,9-10H,6,8H2,1-2H3. The van der Waals surface area contributed by atoms with Crippen molar-refractivity contribution in [2.45, 2.75) is 26.8 Å². The number of aryl methyl sites for hydroxylation is 4. The highest BCUT2D eigenvalue weighted by Crippen LogP contribution is 2.21. The molecule has 0 radical (unpaired) electrons. The molecule has 0 aliphatic heterocycles. The molecule has 0 aliphatic carbocycles. The molecule has 1 aromatic carbocycles. The highest BCUT2D eigenvalue weighted by molar-refractivity contribution is 7.13. The topological polar surface area (TPSA) is 34.9 Å². The predicted molar refractivity (Wildman–Crippen MR) is 83.5 cm³/mol. The molecular weight excluding hydrogens is 268 g/mol. The van der Waals surface area contributed by atoms with E-state index in [1.54, 1.807) is 17.7 Å². The third kappa shape index (κ3) is 2.39. The molecule has 0 amide bonds. The van der Waals surface area contributed by atoms with E-state index in [0.717, 1.165) is 22.2 Å². The lowest BCUT2D eigenvalue weighted by atomic mass is 10.1. The van der Waals surface area contributed by atoms with Gasteiger partial charge in [-0.2, -0.15) is 0 Å². The summed E-state index contributed by atoms with van der Waals surface area (Å²) in [6.45, 7) is 4.81. The van der Waals surface area contributed by atoms with Gasteiger partial charge in [0.15, 0.2) is 0 Å². The average Bonchev–Trinajstić information content (AvgIpc) is 2.75. The maximum atomic E-state index is 12.4. The summed E-state index contributed by atoms with van der Waals surface area (Å²) in [4.78, 5) is 16.7. The van der Waals surface area contributed by atoms with Gasteiger partial charge in [0, 0.05) is 24.9 Å². The Balaban J connectivity index is 1.93. The third-order valence-corrected chi connectivity index (χ3v) is 4.66. The molecule has 0 N–H and O–H groups in total. The van der Waals surface area contributed by atoms with Gasteiger partial charge >= 0.3 is 0 Å². The van der Waals surface area contributed by atoms with Crippen molar-refractivity contribution in [1.82, 2.24) is 8.94 Å². The average molecular weight is 284 g/mol. The molecular formula is C16H16N2OS. The van der Waals surface area contributed by atoms with Crippen LogP contribution in [0.2, 0.25) is 0 Å². The van der Waals surface area contributed by atoms with Crippen molar-refractivity contribution in [3.63, 3.8) is 0 Å². The Hall–Kier alpha value is -1.94. The monoisotopic (exact) mass is 284 g/mol. The summed E-state index contributed by atoms with van der Waals surface area (Å²) < 4.78 is 2.90. The molecule has 3 nitrogen and oxygen atoms in total. The van der Waals surface area contributed by atoms with Crippen molar-refractivity contribution in [2.24, 2.45) is 0 Å². The minimum atomic E-state index is 0.115. The van der Waals surface area contributed by atoms with Gasteiger partial charge in [-0.25, -0.2) is 0 Å². The molecule has 0 bridgehead atoms. The van der Waals surface area contributed by atoms with Gasteiger partial charge in [-0.1, -0.05) is 17.6 Å². The zero-order valence-corrected chi connectivity index (χ0v) is 12.4. The molecule has 20 heavy (non-hydrogen) atoms. The van der Waals surface area contributed by atoms with Crippen LogP contribution in [0.3, 0.4) is 0 Å². The van der Waals surface area contributed by atoms with E-state index in [1.165, 1.54) is 11.1 Å². The van der Waals surface area contributed by atoms with Crippen LogP contribution in [0, 0.1) is 13.8 Å². The number of hydrogen-bond donors (Lipinski definition) is 0. The molecule has 4 heteroatoms. The van der Waals surface area contributed by atoms with Crippen LogP contribution >= 0.6 is 11.5 Å². The van der Waals surface area contributed by atoms with E-state index in [4.69, 9.17) is 0 Å². The van der Waals surface area contributed by atoms with Crippen LogP contribution in [0.5, 0.6) is 0 Å². The minimum Gasteiger partial charge on any atom is -0.268 e. The summed E-state index contributed by atoms with van der Waals surface area (Å²) in [5.74, 6) is 0. The summed E-state index contributed by atoms with van der Waals surface area (Å²) >= 11 is 1.54. The molecule has 3 rings (SSSR count). The molecule has 102 valence electrons. The zero-order valence-electron chi connectivity index (χ0n) is 11.6. The lowest BCUT2D eigenvalue weighted by molar-refractivity contribution is 0.723. The van der Waals surface area contributed by atoms with E-state index < -0.39 is 0 Å². The van der Waals surface area contributed by atoms with Gasteiger partial charge in [-0.15, -0.1) is 0 Å². The van der Waals surface area contributed by atoms with Crippen LogP contribution in [-0.4, -0.2) is 8.94 Å². The van der Waals surface area contributed by atoms with E-state index in [-0.39, 0.29) is 5.56 Å². The molecule has 0 aliphatic rings. The van der Waals surface area contributed by atoms with Crippen LogP contribution < -0.4 is 5.56 Å². The Morgan fingerprint density at radius 2 is 2.00 bits per heavy atom. The van der Waals surface area contributed by atoms with E-state index in [9.17, 15) is 4.79 Å². The van der Waals surface area contributed by atoms with Gasteiger partial charge in [-0.05, 0) is 49.2 Å². The molecule has 2 heterocycles. The molecule has 0 saturated carbocycles. The van der Waals surface area contributed by atoms with Crippen molar-refractivity contribution in [1.29, 1.82) is 0 Å². The summed E-state index contributed by atoms with van der Waals surface area (Å²) in [5.41, 5.74) is 3.54. The molecule has 3 aromatic rings. The first kappa shape index (κ1) is 13.1. The lowest BCUT2D eigenvalue weighted by Gasteiger charge is -1.99. The van der Waals surface area contributed by atoms with Crippen LogP contribution in [0.25, 0.3) is 10.1 Å². The summed E-state index contributed by atoms with van der Waals surface area (Å²) in [6.07, 6.45) is 2.57. The molecule has 0 atom stereocenters. The third-order valence-electron chi connectivity index (χ3n) is 3.56. The number of fused-ring (bicyclic) bond motifs is 1. The van der Waals surface area contributed by atoms with E-state index in [1.807, 2.05) is 35.1 Å². The van der Waals surface area contributed by atoms with Crippen LogP contribution in [0.1, 0.15) is 16.8 Å². The maximum Gasteiger partial charge on any atom is 0.268 e. The Morgan fingerprint density at radius 1 is 1.20 bits per heavy atom. The van der Waals surface area contributed by atoms with Gasteiger partial charge in [0.2, 0.25) is 0 Å². The number of aromatic nitrogens is 2. The van der Waals surface area contributed by atoms with Crippen molar-refractivity contribution >= 4 is 21.6 Å². The normalized spacial score (nSPS) is 11.1. The number of benzene rings is 1. The summed E-state index contributed by atoms with van der Waals surface area (Å²) in [6, 6.07) is 9.98. The van der Waals surface area contributed by atoms with Gasteiger partial charge in [0.1, 0.15) is 0 Å². The molecule has 0 spiro atoms. The molecule has 0 unspecified atom stereocenters. The smallest absolute Gasteiger partial charge is 0.268 e. The first-order valence-electron chi connectivity index (χ1n) is 6.66. The fourth-order valence-electron chi connectivity index (χ4n) is 2.24. The Kier molecular flexibility index (Phi) is 3.40. The molecule has 0 fully saturated rings. The van der Waals surface area contributed by atoms with Crippen molar-refractivity contribution < 1.29 is 0 Å². The second-order valence-corrected chi connectivity index (χ2v) is 6.07. The van der Waals surface area contributed by atoms with E-state index in [2.05, 4.69) is 18.0 Å². The second-order valence-electron chi connectivity index (χ2n) is 5.00. The number of nitrogens with zero attached hydrogens (tertiary/aromatic N) is 2. The largest absolute Gasteiger partial charge is 0.268 e. The van der Waals surface area contributed by atoms with Gasteiger partial charge in [-0.3, -0.25) is 13.7 Å².